The maximum absolute atomic E-state index is 11.9. The van der Waals surface area contributed by atoms with E-state index in [1.165, 1.54) is 18.4 Å². The summed E-state index contributed by atoms with van der Waals surface area (Å²) < 4.78 is 5.13. The highest BCUT2D eigenvalue weighted by Gasteiger charge is 2.37. The number of hydrogen-bond acceptors (Lipinski definition) is 7. The number of hydrogen-bond donors (Lipinski definition) is 2. The molecule has 0 aliphatic heterocycles. The smallest absolute Gasteiger partial charge is 0.360 e. The van der Waals surface area contributed by atoms with Crippen LogP contribution in [0.25, 0.3) is 0 Å². The number of benzene rings is 3. The molecule has 0 bridgehead atoms. The molecule has 4 rings (SSSR count). The highest BCUT2D eigenvalue weighted by Crippen LogP contribution is 2.40. The van der Waals surface area contributed by atoms with Crippen LogP contribution in [-0.4, -0.2) is 35.2 Å². The summed E-state index contributed by atoms with van der Waals surface area (Å²) in [4.78, 5) is 21.8. The first-order chi connectivity index (χ1) is 17.6. The zero-order chi connectivity index (χ0) is 25.4. The molecule has 0 aliphatic rings. The van der Waals surface area contributed by atoms with Crippen LogP contribution in [0.15, 0.2) is 102 Å². The van der Waals surface area contributed by atoms with Gasteiger partial charge in [0, 0.05) is 18.9 Å². The minimum Gasteiger partial charge on any atom is -0.476 e. The summed E-state index contributed by atoms with van der Waals surface area (Å²) in [6.45, 7) is 1.85. The number of carboxylic acids is 1. The Morgan fingerprint density at radius 1 is 0.972 bits per heavy atom. The van der Waals surface area contributed by atoms with Gasteiger partial charge in [-0.05, 0) is 16.7 Å². The molecule has 0 radical (unpaired) electrons. The van der Waals surface area contributed by atoms with Gasteiger partial charge < -0.3 is 20.0 Å². The number of aliphatic carboxylic acids is 1. The van der Waals surface area contributed by atoms with Crippen molar-refractivity contribution < 1.29 is 19.5 Å². The summed E-state index contributed by atoms with van der Waals surface area (Å²) in [5.74, 6) is -1.24. The molecule has 36 heavy (non-hydrogen) atoms. The minimum atomic E-state index is -1.24. The van der Waals surface area contributed by atoms with Crippen molar-refractivity contribution in [3.05, 3.63) is 119 Å². The van der Waals surface area contributed by atoms with Gasteiger partial charge in [0.2, 0.25) is 12.0 Å². The van der Waals surface area contributed by atoms with Gasteiger partial charge in [-0.3, -0.25) is 0 Å². The zero-order valence-electron chi connectivity index (χ0n) is 20.0. The summed E-state index contributed by atoms with van der Waals surface area (Å²) in [6, 6.07) is 30.3. The Morgan fingerprint density at radius 2 is 1.47 bits per heavy atom. The fraction of sp³-hybridized carbons (Fsp3) is 0.179. The van der Waals surface area contributed by atoms with Crippen LogP contribution in [0, 0.1) is 0 Å². The fourth-order valence-electron chi connectivity index (χ4n) is 3.97. The number of nitrogens with zero attached hydrogens (tertiary/aromatic N) is 2. The lowest BCUT2D eigenvalue weighted by Gasteiger charge is -2.36. The highest BCUT2D eigenvalue weighted by molar-refractivity contribution is 7.14. The van der Waals surface area contributed by atoms with Crippen molar-refractivity contribution in [2.24, 2.45) is 5.16 Å². The number of thiazole rings is 1. The van der Waals surface area contributed by atoms with E-state index in [1.54, 1.807) is 5.38 Å². The number of rotatable bonds is 11. The maximum Gasteiger partial charge on any atom is 0.360 e. The van der Waals surface area contributed by atoms with Crippen molar-refractivity contribution in [1.29, 1.82) is 0 Å². The summed E-state index contributed by atoms with van der Waals surface area (Å²) in [5.41, 5.74) is 2.17. The summed E-state index contributed by atoms with van der Waals surface area (Å²) in [6.07, 6.45) is -0.123. The van der Waals surface area contributed by atoms with Gasteiger partial charge in [0.1, 0.15) is 11.2 Å². The Bertz CT molecular complexity index is 1190. The Hall–Kier alpha value is -4.01. The second kappa shape index (κ2) is 11.6. The lowest BCUT2D eigenvalue weighted by molar-refractivity contribution is -0.132. The van der Waals surface area contributed by atoms with Crippen LogP contribution in [0.2, 0.25) is 0 Å². The SMILES string of the molecule is CCC(OC)ON=C(C(=O)O)c1csc(NC(c2ccccc2)(c2ccccc2)c2ccccc2)n1. The quantitative estimate of drug-likeness (QED) is 0.118. The van der Waals surface area contributed by atoms with E-state index in [0.717, 1.165) is 16.7 Å². The molecule has 184 valence electrons. The monoisotopic (exact) mass is 501 g/mol. The highest BCUT2D eigenvalue weighted by atomic mass is 32.1. The number of carboxylic acid groups (broad SMARTS) is 1. The van der Waals surface area contributed by atoms with Crippen LogP contribution in [0.4, 0.5) is 5.13 Å². The maximum atomic E-state index is 11.9. The van der Waals surface area contributed by atoms with Crippen LogP contribution in [-0.2, 0) is 19.9 Å². The molecule has 2 N–H and O–H groups in total. The van der Waals surface area contributed by atoms with E-state index in [-0.39, 0.29) is 11.4 Å². The summed E-state index contributed by atoms with van der Waals surface area (Å²) in [7, 11) is 1.48. The van der Waals surface area contributed by atoms with Gasteiger partial charge in [-0.25, -0.2) is 9.78 Å². The van der Waals surface area contributed by atoms with Gasteiger partial charge in [-0.15, -0.1) is 11.3 Å². The molecule has 1 atom stereocenters. The average Bonchev–Trinajstić information content (AvgIpc) is 3.39. The van der Waals surface area contributed by atoms with E-state index in [0.29, 0.717) is 11.6 Å². The Labute approximate surface area is 214 Å². The van der Waals surface area contributed by atoms with Crippen molar-refractivity contribution in [3.8, 4) is 0 Å². The lowest BCUT2D eigenvalue weighted by atomic mass is 9.77. The minimum absolute atomic E-state index is 0.198. The van der Waals surface area contributed by atoms with Crippen molar-refractivity contribution in [2.45, 2.75) is 25.2 Å². The van der Waals surface area contributed by atoms with Crippen LogP contribution < -0.4 is 5.32 Å². The van der Waals surface area contributed by atoms with Crippen molar-refractivity contribution >= 4 is 28.1 Å². The third-order valence-electron chi connectivity index (χ3n) is 5.72. The molecule has 1 unspecified atom stereocenters. The molecule has 3 aromatic carbocycles. The van der Waals surface area contributed by atoms with Crippen LogP contribution >= 0.6 is 11.3 Å². The number of anilines is 1. The topological polar surface area (TPSA) is 93.0 Å². The third kappa shape index (κ3) is 5.30. The first kappa shape index (κ1) is 25.1. The first-order valence-corrected chi connectivity index (χ1v) is 12.4. The average molecular weight is 502 g/mol. The predicted molar refractivity (Wildman–Crippen MR) is 141 cm³/mol. The number of nitrogens with one attached hydrogen (secondary N) is 1. The van der Waals surface area contributed by atoms with Crippen molar-refractivity contribution in [2.75, 3.05) is 12.4 Å². The lowest BCUT2D eigenvalue weighted by Crippen LogP contribution is -2.38. The van der Waals surface area contributed by atoms with E-state index in [4.69, 9.17) is 9.57 Å². The number of carbonyl (C=O) groups is 1. The Balaban J connectivity index is 1.81. The molecular weight excluding hydrogens is 474 g/mol. The molecule has 4 aromatic rings. The van der Waals surface area contributed by atoms with E-state index >= 15 is 0 Å². The standard InChI is InChI=1S/C28H27N3O4S/c1-3-24(34-2)35-31-25(26(32)33)23-19-36-27(29-23)30-28(20-13-7-4-8-14-20,21-15-9-5-10-16-21)22-17-11-6-12-18-22/h4-19,24H,3H2,1-2H3,(H,29,30)(H,32,33). The molecule has 0 amide bonds. The van der Waals surface area contributed by atoms with Crippen molar-refractivity contribution in [3.63, 3.8) is 0 Å². The normalized spacial score (nSPS) is 12.7. The number of ether oxygens (including phenoxy) is 1. The molecule has 8 heteroatoms. The van der Waals surface area contributed by atoms with E-state index in [1.807, 2.05) is 61.5 Å². The number of oxime groups is 1. The van der Waals surface area contributed by atoms with E-state index in [9.17, 15) is 9.90 Å². The molecule has 7 nitrogen and oxygen atoms in total. The molecule has 0 spiro atoms. The van der Waals surface area contributed by atoms with Gasteiger partial charge in [0.15, 0.2) is 5.13 Å². The van der Waals surface area contributed by atoms with Gasteiger partial charge in [-0.2, -0.15) is 0 Å². The van der Waals surface area contributed by atoms with Gasteiger partial charge in [-0.1, -0.05) is 103 Å². The van der Waals surface area contributed by atoms with Crippen LogP contribution in [0.3, 0.4) is 0 Å². The largest absolute Gasteiger partial charge is 0.476 e. The number of aromatic nitrogens is 1. The van der Waals surface area contributed by atoms with E-state index < -0.39 is 17.8 Å². The molecule has 0 aliphatic carbocycles. The third-order valence-corrected chi connectivity index (χ3v) is 6.48. The molecular formula is C28H27N3O4S. The zero-order valence-corrected chi connectivity index (χ0v) is 20.8. The number of methoxy groups -OCH3 is 1. The van der Waals surface area contributed by atoms with Gasteiger partial charge >= 0.3 is 5.97 Å². The van der Waals surface area contributed by atoms with E-state index in [2.05, 4.69) is 51.9 Å². The summed E-state index contributed by atoms with van der Waals surface area (Å²) >= 11 is 1.30. The predicted octanol–water partition coefficient (Wildman–Crippen LogP) is 5.73. The van der Waals surface area contributed by atoms with Crippen LogP contribution in [0.1, 0.15) is 35.7 Å². The van der Waals surface area contributed by atoms with Gasteiger partial charge in [0.05, 0.1) is 0 Å². The Kier molecular flexibility index (Phi) is 8.10. The molecule has 0 saturated carbocycles. The summed E-state index contributed by atoms with van der Waals surface area (Å²) in [5, 5.41) is 19.4. The molecule has 0 fully saturated rings. The molecule has 0 saturated heterocycles. The first-order valence-electron chi connectivity index (χ1n) is 11.5. The fourth-order valence-corrected chi connectivity index (χ4v) is 4.72. The van der Waals surface area contributed by atoms with Crippen molar-refractivity contribution in [1.82, 2.24) is 4.98 Å². The molecule has 1 heterocycles. The Morgan fingerprint density at radius 3 is 1.89 bits per heavy atom. The van der Waals surface area contributed by atoms with Gasteiger partial charge in [0.25, 0.3) is 0 Å². The van der Waals surface area contributed by atoms with Crippen LogP contribution in [0.5, 0.6) is 0 Å². The second-order valence-electron chi connectivity index (χ2n) is 7.93. The second-order valence-corrected chi connectivity index (χ2v) is 8.79. The molecule has 1 aromatic heterocycles.